The van der Waals surface area contributed by atoms with Gasteiger partial charge in [0, 0.05) is 12.7 Å². The number of methoxy groups -OCH3 is 1. The molecule has 1 aromatic rings. The molecule has 0 fully saturated rings. The Morgan fingerprint density at radius 3 is 2.93 bits per heavy atom. The third kappa shape index (κ3) is 3.64. The normalized spacial score (nSPS) is 9.29. The Balaban J connectivity index is 2.69. The highest BCUT2D eigenvalue weighted by molar-refractivity contribution is 5.37. The molecule has 0 bridgehead atoms. The van der Waals surface area contributed by atoms with Crippen LogP contribution in [0.3, 0.4) is 0 Å². The molecule has 1 aromatic carbocycles. The maximum absolute atomic E-state index is 4.87. The first-order valence-corrected chi connectivity index (χ1v) is 4.93. The van der Waals surface area contributed by atoms with Crippen LogP contribution in [0.1, 0.15) is 24.5 Å². The Labute approximate surface area is 86.1 Å². The standard InChI is InChI=1S/C13H16O/c1-3-6-12-7-4-8-13(11-12)9-5-10-14-2/h4,7-8,11H,3,6,10H2,1-2H3. The molecule has 1 rings (SSSR count). The molecule has 1 nitrogen and oxygen atoms in total. The Bertz CT molecular complexity index is 331. The molecule has 0 aromatic heterocycles. The van der Waals surface area contributed by atoms with E-state index in [1.165, 1.54) is 12.0 Å². The Kier molecular flexibility index (Phi) is 4.82. The Hall–Kier alpha value is -1.26. The van der Waals surface area contributed by atoms with Gasteiger partial charge in [-0.2, -0.15) is 0 Å². The van der Waals surface area contributed by atoms with Crippen LogP contribution in [0.2, 0.25) is 0 Å². The van der Waals surface area contributed by atoms with Crippen molar-refractivity contribution in [1.29, 1.82) is 0 Å². The van der Waals surface area contributed by atoms with Crippen molar-refractivity contribution in [2.75, 3.05) is 13.7 Å². The predicted molar refractivity (Wildman–Crippen MR) is 59.2 cm³/mol. The molecule has 0 heterocycles. The van der Waals surface area contributed by atoms with E-state index in [-0.39, 0.29) is 0 Å². The molecule has 0 spiro atoms. The van der Waals surface area contributed by atoms with E-state index >= 15 is 0 Å². The van der Waals surface area contributed by atoms with Crippen molar-refractivity contribution >= 4 is 0 Å². The zero-order chi connectivity index (χ0) is 10.2. The van der Waals surface area contributed by atoms with Crippen LogP contribution in [-0.4, -0.2) is 13.7 Å². The lowest BCUT2D eigenvalue weighted by atomic mass is 10.1. The van der Waals surface area contributed by atoms with Crippen LogP contribution >= 0.6 is 0 Å². The fourth-order valence-electron chi connectivity index (χ4n) is 1.30. The summed E-state index contributed by atoms with van der Waals surface area (Å²) in [7, 11) is 1.65. The molecule has 0 amide bonds. The van der Waals surface area contributed by atoms with Crippen molar-refractivity contribution in [3.63, 3.8) is 0 Å². The van der Waals surface area contributed by atoms with Crippen LogP contribution in [0.25, 0.3) is 0 Å². The van der Waals surface area contributed by atoms with E-state index in [0.29, 0.717) is 6.61 Å². The van der Waals surface area contributed by atoms with Crippen molar-refractivity contribution in [3.05, 3.63) is 35.4 Å². The SMILES string of the molecule is CCCc1cccc(C#CCOC)c1. The number of hydrogen-bond donors (Lipinski definition) is 0. The van der Waals surface area contributed by atoms with Gasteiger partial charge >= 0.3 is 0 Å². The van der Waals surface area contributed by atoms with Crippen LogP contribution in [-0.2, 0) is 11.2 Å². The first kappa shape index (κ1) is 10.8. The Morgan fingerprint density at radius 1 is 1.36 bits per heavy atom. The number of hydrogen-bond acceptors (Lipinski definition) is 1. The lowest BCUT2D eigenvalue weighted by Crippen LogP contribution is -1.85. The molecule has 0 saturated heterocycles. The van der Waals surface area contributed by atoms with Crippen molar-refractivity contribution in [2.24, 2.45) is 0 Å². The average molecular weight is 188 g/mol. The number of rotatable bonds is 3. The highest BCUT2D eigenvalue weighted by atomic mass is 16.5. The third-order valence-corrected chi connectivity index (χ3v) is 1.91. The molecule has 0 saturated carbocycles. The smallest absolute Gasteiger partial charge is 0.107 e. The van der Waals surface area contributed by atoms with E-state index in [1.807, 2.05) is 6.07 Å². The summed E-state index contributed by atoms with van der Waals surface area (Å²) >= 11 is 0. The average Bonchev–Trinajstić information content (AvgIpc) is 2.19. The van der Waals surface area contributed by atoms with Crippen molar-refractivity contribution in [3.8, 4) is 11.8 Å². The van der Waals surface area contributed by atoms with E-state index in [4.69, 9.17) is 4.74 Å². The fraction of sp³-hybridized carbons (Fsp3) is 0.385. The van der Waals surface area contributed by atoms with E-state index in [2.05, 4.69) is 37.0 Å². The lowest BCUT2D eigenvalue weighted by molar-refractivity contribution is 0.240. The third-order valence-electron chi connectivity index (χ3n) is 1.91. The minimum Gasteiger partial charge on any atom is -0.372 e. The van der Waals surface area contributed by atoms with Crippen molar-refractivity contribution in [1.82, 2.24) is 0 Å². The second-order valence-corrected chi connectivity index (χ2v) is 3.19. The molecule has 0 radical (unpaired) electrons. The van der Waals surface area contributed by atoms with E-state index in [0.717, 1.165) is 12.0 Å². The molecule has 74 valence electrons. The van der Waals surface area contributed by atoms with Gasteiger partial charge in [0.1, 0.15) is 6.61 Å². The molecule has 1 heteroatoms. The molecule has 0 N–H and O–H groups in total. The van der Waals surface area contributed by atoms with E-state index in [9.17, 15) is 0 Å². The summed E-state index contributed by atoms with van der Waals surface area (Å²) in [5.74, 6) is 6.02. The molecule has 14 heavy (non-hydrogen) atoms. The van der Waals surface area contributed by atoms with Gasteiger partial charge < -0.3 is 4.74 Å². The maximum atomic E-state index is 4.87. The molecular formula is C13H16O. The Morgan fingerprint density at radius 2 is 2.21 bits per heavy atom. The highest BCUT2D eigenvalue weighted by Gasteiger charge is 1.91. The topological polar surface area (TPSA) is 9.23 Å². The van der Waals surface area contributed by atoms with Gasteiger partial charge in [-0.15, -0.1) is 0 Å². The van der Waals surface area contributed by atoms with Crippen molar-refractivity contribution in [2.45, 2.75) is 19.8 Å². The fourth-order valence-corrected chi connectivity index (χ4v) is 1.30. The molecule has 0 aliphatic rings. The largest absolute Gasteiger partial charge is 0.372 e. The minimum absolute atomic E-state index is 0.498. The molecule has 0 aliphatic carbocycles. The van der Waals surface area contributed by atoms with Gasteiger partial charge in [-0.3, -0.25) is 0 Å². The van der Waals surface area contributed by atoms with Gasteiger partial charge in [-0.1, -0.05) is 37.3 Å². The lowest BCUT2D eigenvalue weighted by Gasteiger charge is -1.98. The van der Waals surface area contributed by atoms with Gasteiger partial charge in [-0.05, 0) is 24.1 Å². The van der Waals surface area contributed by atoms with Crippen LogP contribution in [0.5, 0.6) is 0 Å². The highest BCUT2D eigenvalue weighted by Crippen LogP contribution is 2.06. The zero-order valence-electron chi connectivity index (χ0n) is 8.84. The van der Waals surface area contributed by atoms with Crippen LogP contribution in [0.4, 0.5) is 0 Å². The van der Waals surface area contributed by atoms with Crippen LogP contribution < -0.4 is 0 Å². The summed E-state index contributed by atoms with van der Waals surface area (Å²) in [6.07, 6.45) is 2.30. The van der Waals surface area contributed by atoms with Crippen molar-refractivity contribution < 1.29 is 4.74 Å². The molecular weight excluding hydrogens is 172 g/mol. The van der Waals surface area contributed by atoms with Gasteiger partial charge in [0.25, 0.3) is 0 Å². The molecule has 0 aliphatic heterocycles. The van der Waals surface area contributed by atoms with E-state index < -0.39 is 0 Å². The van der Waals surface area contributed by atoms with Gasteiger partial charge in [0.15, 0.2) is 0 Å². The van der Waals surface area contributed by atoms with Gasteiger partial charge in [0.2, 0.25) is 0 Å². The quantitative estimate of drug-likeness (QED) is 0.663. The molecule has 0 unspecified atom stereocenters. The summed E-state index contributed by atoms with van der Waals surface area (Å²) in [5.41, 5.74) is 2.43. The first-order chi connectivity index (χ1) is 6.86. The maximum Gasteiger partial charge on any atom is 0.107 e. The predicted octanol–water partition coefficient (Wildman–Crippen LogP) is 2.64. The second kappa shape index (κ2) is 6.23. The zero-order valence-corrected chi connectivity index (χ0v) is 8.84. The van der Waals surface area contributed by atoms with E-state index in [1.54, 1.807) is 7.11 Å². The van der Waals surface area contributed by atoms with Gasteiger partial charge in [0.05, 0.1) is 0 Å². The minimum atomic E-state index is 0.498. The second-order valence-electron chi connectivity index (χ2n) is 3.19. The summed E-state index contributed by atoms with van der Waals surface area (Å²) in [5, 5.41) is 0. The molecule has 0 atom stereocenters. The number of aryl methyl sites for hydroxylation is 1. The van der Waals surface area contributed by atoms with Crippen LogP contribution in [0, 0.1) is 11.8 Å². The number of ether oxygens (including phenoxy) is 1. The summed E-state index contributed by atoms with van der Waals surface area (Å²) < 4.78 is 4.87. The first-order valence-electron chi connectivity index (χ1n) is 4.93. The van der Waals surface area contributed by atoms with Crippen LogP contribution in [0.15, 0.2) is 24.3 Å². The summed E-state index contributed by atoms with van der Waals surface area (Å²) in [6, 6.07) is 8.38. The number of benzene rings is 1. The summed E-state index contributed by atoms with van der Waals surface area (Å²) in [4.78, 5) is 0. The monoisotopic (exact) mass is 188 g/mol. The van der Waals surface area contributed by atoms with Gasteiger partial charge in [-0.25, -0.2) is 0 Å². The summed E-state index contributed by atoms with van der Waals surface area (Å²) in [6.45, 7) is 2.68.